The van der Waals surface area contributed by atoms with E-state index < -0.39 is 5.97 Å². The van der Waals surface area contributed by atoms with Crippen LogP contribution >= 0.6 is 0 Å². The highest BCUT2D eigenvalue weighted by Crippen LogP contribution is 2.12. The molecule has 0 atom stereocenters. The van der Waals surface area contributed by atoms with Crippen molar-refractivity contribution in [3.8, 4) is 0 Å². The van der Waals surface area contributed by atoms with Crippen LogP contribution in [0.5, 0.6) is 0 Å². The Kier molecular flexibility index (Phi) is 4.51. The van der Waals surface area contributed by atoms with Gasteiger partial charge in [-0.05, 0) is 12.0 Å². The molecule has 0 heterocycles. The molecule has 0 aromatic heterocycles. The lowest BCUT2D eigenvalue weighted by atomic mass is 10.0. The van der Waals surface area contributed by atoms with Gasteiger partial charge in [0.25, 0.3) is 0 Å². The first kappa shape index (κ1) is 12.2. The number of carbonyl (C=O) groups is 1. The number of carbonyl (C=O) groups excluding carboxylic acids is 1. The van der Waals surface area contributed by atoms with Crippen molar-refractivity contribution in [2.75, 3.05) is 14.2 Å². The maximum Gasteiger partial charge on any atom is 0.360 e. The van der Waals surface area contributed by atoms with Crippen molar-refractivity contribution >= 4 is 11.7 Å². The quantitative estimate of drug-likeness (QED) is 0.442. The van der Waals surface area contributed by atoms with Crippen molar-refractivity contribution in [1.82, 2.24) is 0 Å². The van der Waals surface area contributed by atoms with Crippen LogP contribution in [0.1, 0.15) is 18.1 Å². The van der Waals surface area contributed by atoms with Gasteiger partial charge < -0.3 is 9.57 Å². The summed E-state index contributed by atoms with van der Waals surface area (Å²) in [7, 11) is 2.72. The van der Waals surface area contributed by atoms with E-state index in [9.17, 15) is 4.79 Å². The number of esters is 1. The van der Waals surface area contributed by atoms with Gasteiger partial charge in [-0.15, -0.1) is 0 Å². The van der Waals surface area contributed by atoms with Gasteiger partial charge in [-0.3, -0.25) is 0 Å². The Morgan fingerprint density at radius 1 is 1.31 bits per heavy atom. The van der Waals surface area contributed by atoms with Crippen LogP contribution in [-0.4, -0.2) is 25.9 Å². The molecule has 0 radical (unpaired) electrons. The third kappa shape index (κ3) is 2.59. The fraction of sp³-hybridized carbons (Fsp3) is 0.333. The molecule has 0 amide bonds. The Balaban J connectivity index is 3.21. The minimum atomic E-state index is -0.497. The van der Waals surface area contributed by atoms with Crippen LogP contribution in [0.3, 0.4) is 0 Å². The summed E-state index contributed by atoms with van der Waals surface area (Å²) in [5, 5.41) is 3.72. The molecule has 86 valence electrons. The highest BCUT2D eigenvalue weighted by molar-refractivity contribution is 6.43. The van der Waals surface area contributed by atoms with Crippen molar-refractivity contribution in [2.45, 2.75) is 13.3 Å². The first-order valence-corrected chi connectivity index (χ1v) is 5.02. The predicted octanol–water partition coefficient (Wildman–Crippen LogP) is 1.77. The molecule has 16 heavy (non-hydrogen) atoms. The van der Waals surface area contributed by atoms with Gasteiger partial charge in [0.2, 0.25) is 0 Å². The maximum atomic E-state index is 11.5. The fourth-order valence-corrected chi connectivity index (χ4v) is 1.44. The van der Waals surface area contributed by atoms with E-state index in [2.05, 4.69) is 14.7 Å². The molecule has 0 bridgehead atoms. The zero-order valence-corrected chi connectivity index (χ0v) is 9.69. The molecule has 1 aromatic carbocycles. The number of ether oxygens (including phenoxy) is 1. The molecule has 0 spiro atoms. The first-order valence-electron chi connectivity index (χ1n) is 5.02. The van der Waals surface area contributed by atoms with Gasteiger partial charge in [-0.1, -0.05) is 36.3 Å². The van der Waals surface area contributed by atoms with Gasteiger partial charge in [0.15, 0.2) is 5.71 Å². The Morgan fingerprint density at radius 2 is 2.00 bits per heavy atom. The third-order valence-electron chi connectivity index (χ3n) is 2.21. The molecular formula is C12H15NO3. The maximum absolute atomic E-state index is 11.5. The molecule has 0 saturated heterocycles. The third-order valence-corrected chi connectivity index (χ3v) is 2.21. The second-order valence-corrected chi connectivity index (χ2v) is 3.12. The van der Waals surface area contributed by atoms with Gasteiger partial charge in [0.1, 0.15) is 7.11 Å². The number of nitrogens with zero attached hydrogens (tertiary/aromatic N) is 1. The summed E-state index contributed by atoms with van der Waals surface area (Å²) in [5.41, 5.74) is 1.98. The van der Waals surface area contributed by atoms with Crippen molar-refractivity contribution in [1.29, 1.82) is 0 Å². The Morgan fingerprint density at radius 3 is 2.56 bits per heavy atom. The number of methoxy groups -OCH3 is 1. The number of rotatable bonds is 4. The first-order chi connectivity index (χ1) is 7.74. The summed E-state index contributed by atoms with van der Waals surface area (Å²) in [5.74, 6) is -0.497. The van der Waals surface area contributed by atoms with Crippen LogP contribution in [0.2, 0.25) is 0 Å². The van der Waals surface area contributed by atoms with Crippen LogP contribution < -0.4 is 0 Å². The van der Waals surface area contributed by atoms with Crippen LogP contribution in [0.25, 0.3) is 0 Å². The summed E-state index contributed by atoms with van der Waals surface area (Å²) < 4.78 is 4.67. The van der Waals surface area contributed by atoms with Crippen LogP contribution in [0.4, 0.5) is 0 Å². The van der Waals surface area contributed by atoms with E-state index in [0.717, 1.165) is 17.5 Å². The Labute approximate surface area is 94.9 Å². The van der Waals surface area contributed by atoms with E-state index in [0.29, 0.717) is 0 Å². The van der Waals surface area contributed by atoms with E-state index in [1.54, 1.807) is 0 Å². The minimum Gasteiger partial charge on any atom is -0.464 e. The summed E-state index contributed by atoms with van der Waals surface area (Å²) in [4.78, 5) is 16.2. The lowest BCUT2D eigenvalue weighted by Gasteiger charge is -2.08. The van der Waals surface area contributed by atoms with Crippen molar-refractivity contribution in [3.05, 3.63) is 35.4 Å². The predicted molar refractivity (Wildman–Crippen MR) is 61.4 cm³/mol. The smallest absolute Gasteiger partial charge is 0.360 e. The van der Waals surface area contributed by atoms with Crippen molar-refractivity contribution < 1.29 is 14.4 Å². The molecule has 0 aliphatic carbocycles. The monoisotopic (exact) mass is 221 g/mol. The zero-order chi connectivity index (χ0) is 12.0. The molecule has 0 N–H and O–H groups in total. The van der Waals surface area contributed by atoms with Crippen LogP contribution in [0, 0.1) is 0 Å². The van der Waals surface area contributed by atoms with Gasteiger partial charge in [0, 0.05) is 5.56 Å². The standard InChI is InChI=1S/C12H15NO3/c1-4-9-7-5-6-8-10(9)11(13-16-3)12(14)15-2/h5-8H,4H2,1-3H3/b13-11-. The average Bonchev–Trinajstić information content (AvgIpc) is 2.35. The summed E-state index contributed by atoms with van der Waals surface area (Å²) in [6.45, 7) is 2.01. The number of oxime groups is 1. The van der Waals surface area contributed by atoms with E-state index in [1.807, 2.05) is 31.2 Å². The molecule has 0 aliphatic rings. The average molecular weight is 221 g/mol. The van der Waals surface area contributed by atoms with E-state index >= 15 is 0 Å². The molecular weight excluding hydrogens is 206 g/mol. The highest BCUT2D eigenvalue weighted by atomic mass is 16.6. The molecule has 1 aromatic rings. The molecule has 4 heteroatoms. The second-order valence-electron chi connectivity index (χ2n) is 3.12. The summed E-state index contributed by atoms with van der Waals surface area (Å²) in [6.07, 6.45) is 0.815. The van der Waals surface area contributed by atoms with E-state index in [-0.39, 0.29) is 5.71 Å². The van der Waals surface area contributed by atoms with Gasteiger partial charge >= 0.3 is 5.97 Å². The highest BCUT2D eigenvalue weighted by Gasteiger charge is 2.17. The molecule has 0 unspecified atom stereocenters. The number of hydrogen-bond donors (Lipinski definition) is 0. The Bertz CT molecular complexity index is 399. The van der Waals surface area contributed by atoms with Gasteiger partial charge in [0.05, 0.1) is 7.11 Å². The fourth-order valence-electron chi connectivity index (χ4n) is 1.44. The number of benzene rings is 1. The molecule has 4 nitrogen and oxygen atoms in total. The van der Waals surface area contributed by atoms with Crippen molar-refractivity contribution in [3.63, 3.8) is 0 Å². The number of hydrogen-bond acceptors (Lipinski definition) is 4. The summed E-state index contributed by atoms with van der Waals surface area (Å²) in [6, 6.07) is 7.55. The number of aryl methyl sites for hydroxylation is 1. The molecule has 0 aliphatic heterocycles. The molecule has 0 saturated carbocycles. The van der Waals surface area contributed by atoms with Gasteiger partial charge in [-0.25, -0.2) is 4.79 Å². The minimum absolute atomic E-state index is 0.197. The summed E-state index contributed by atoms with van der Waals surface area (Å²) >= 11 is 0. The molecule has 1 rings (SSSR count). The molecule has 0 fully saturated rings. The Hall–Kier alpha value is -1.84. The van der Waals surface area contributed by atoms with Crippen LogP contribution in [0.15, 0.2) is 29.4 Å². The van der Waals surface area contributed by atoms with Gasteiger partial charge in [-0.2, -0.15) is 0 Å². The zero-order valence-electron chi connectivity index (χ0n) is 9.69. The normalized spacial score (nSPS) is 11.1. The van der Waals surface area contributed by atoms with Crippen molar-refractivity contribution in [2.24, 2.45) is 5.16 Å². The lowest BCUT2D eigenvalue weighted by molar-refractivity contribution is -0.132. The largest absolute Gasteiger partial charge is 0.464 e. The SMILES string of the molecule is CCc1ccccc1/C(=N/OC)C(=O)OC. The lowest BCUT2D eigenvalue weighted by Crippen LogP contribution is -2.19. The topological polar surface area (TPSA) is 47.9 Å². The van der Waals surface area contributed by atoms with Crippen LogP contribution in [-0.2, 0) is 20.8 Å². The second kappa shape index (κ2) is 5.90. The van der Waals surface area contributed by atoms with E-state index in [1.165, 1.54) is 14.2 Å². The van der Waals surface area contributed by atoms with E-state index in [4.69, 9.17) is 0 Å².